The molecule has 0 fully saturated rings. The van der Waals surface area contributed by atoms with E-state index in [4.69, 9.17) is 4.98 Å². The number of fused-ring (bicyclic) bond motifs is 1. The maximum absolute atomic E-state index is 13.9. The van der Waals surface area contributed by atoms with Crippen LogP contribution in [0.25, 0.3) is 44.5 Å². The van der Waals surface area contributed by atoms with Crippen molar-refractivity contribution >= 4 is 11.0 Å². The molecule has 36 heavy (non-hydrogen) atoms. The molecule has 0 amide bonds. The van der Waals surface area contributed by atoms with Crippen LogP contribution in [-0.4, -0.2) is 24.7 Å². The number of benzene rings is 2. The minimum atomic E-state index is -0.327. The first-order chi connectivity index (χ1) is 17.7. The molecular weight excluding hydrogens is 456 g/mol. The summed E-state index contributed by atoms with van der Waals surface area (Å²) in [4.78, 5) is 13.3. The van der Waals surface area contributed by atoms with Gasteiger partial charge in [0.2, 0.25) is 0 Å². The summed E-state index contributed by atoms with van der Waals surface area (Å²) in [5.74, 6) is -0.645. The lowest BCUT2D eigenvalue weighted by molar-refractivity contribution is 0.627. The maximum atomic E-state index is 13.9. The molecule has 4 heterocycles. The fourth-order valence-corrected chi connectivity index (χ4v) is 4.40. The van der Waals surface area contributed by atoms with Gasteiger partial charge < -0.3 is 0 Å². The van der Waals surface area contributed by atoms with Gasteiger partial charge in [0, 0.05) is 46.9 Å². The van der Waals surface area contributed by atoms with E-state index in [-0.39, 0.29) is 11.6 Å². The standard InChI is InChI=1S/C29H19F2N5/c30-23-5-1-20(2-6-23)26-25-17-34-36(18-19-9-13-32-14-10-19)29(25)35-28(22-3-7-24(31)8-4-22)27(26)21-11-15-33-16-12-21/h1-17H,18H2. The van der Waals surface area contributed by atoms with E-state index in [1.807, 2.05) is 28.9 Å². The highest BCUT2D eigenvalue weighted by Crippen LogP contribution is 2.43. The Hall–Kier alpha value is -4.78. The lowest BCUT2D eigenvalue weighted by Gasteiger charge is -2.17. The second-order valence-electron chi connectivity index (χ2n) is 8.36. The Balaban J connectivity index is 1.70. The summed E-state index contributed by atoms with van der Waals surface area (Å²) < 4.78 is 29.6. The summed E-state index contributed by atoms with van der Waals surface area (Å²) in [7, 11) is 0. The summed E-state index contributed by atoms with van der Waals surface area (Å²) in [6, 6.07) is 20.3. The fraction of sp³-hybridized carbons (Fsp3) is 0.0345. The highest BCUT2D eigenvalue weighted by atomic mass is 19.1. The molecule has 6 aromatic rings. The summed E-state index contributed by atoms with van der Waals surface area (Å²) in [6.07, 6.45) is 8.71. The third-order valence-corrected chi connectivity index (χ3v) is 6.09. The second-order valence-corrected chi connectivity index (χ2v) is 8.36. The van der Waals surface area contributed by atoms with E-state index in [0.29, 0.717) is 17.9 Å². The van der Waals surface area contributed by atoms with Crippen molar-refractivity contribution in [3.05, 3.63) is 121 Å². The molecule has 174 valence electrons. The van der Waals surface area contributed by atoms with Gasteiger partial charge in [0.1, 0.15) is 11.6 Å². The Labute approximate surface area is 205 Å². The van der Waals surface area contributed by atoms with Crippen LogP contribution in [-0.2, 0) is 6.54 Å². The highest BCUT2D eigenvalue weighted by molar-refractivity contribution is 6.06. The lowest BCUT2D eigenvalue weighted by atomic mass is 9.89. The molecule has 0 bridgehead atoms. The van der Waals surface area contributed by atoms with E-state index in [1.165, 1.54) is 24.3 Å². The van der Waals surface area contributed by atoms with E-state index >= 15 is 0 Å². The van der Waals surface area contributed by atoms with E-state index in [9.17, 15) is 8.78 Å². The molecule has 0 aliphatic carbocycles. The van der Waals surface area contributed by atoms with E-state index in [2.05, 4.69) is 15.1 Å². The maximum Gasteiger partial charge on any atom is 0.159 e. The van der Waals surface area contributed by atoms with Gasteiger partial charge >= 0.3 is 0 Å². The molecule has 0 aliphatic rings. The summed E-state index contributed by atoms with van der Waals surface area (Å²) in [6.45, 7) is 0.499. The van der Waals surface area contributed by atoms with Crippen LogP contribution in [0.3, 0.4) is 0 Å². The Bertz CT molecular complexity index is 1650. The Morgan fingerprint density at radius 1 is 0.611 bits per heavy atom. The van der Waals surface area contributed by atoms with Gasteiger partial charge in [-0.1, -0.05) is 12.1 Å². The summed E-state index contributed by atoms with van der Waals surface area (Å²) >= 11 is 0. The van der Waals surface area contributed by atoms with Gasteiger partial charge in [0.25, 0.3) is 0 Å². The molecule has 0 saturated carbocycles. The van der Waals surface area contributed by atoms with E-state index in [1.54, 1.807) is 55.2 Å². The van der Waals surface area contributed by atoms with Crippen molar-refractivity contribution in [3.8, 4) is 33.5 Å². The molecule has 0 radical (unpaired) electrons. The van der Waals surface area contributed by atoms with Crippen molar-refractivity contribution in [3.63, 3.8) is 0 Å². The number of halogens is 2. The molecule has 4 aromatic heterocycles. The number of hydrogen-bond acceptors (Lipinski definition) is 4. The smallest absolute Gasteiger partial charge is 0.159 e. The van der Waals surface area contributed by atoms with Gasteiger partial charge in [-0.2, -0.15) is 5.10 Å². The molecule has 0 aliphatic heterocycles. The first-order valence-electron chi connectivity index (χ1n) is 11.4. The Morgan fingerprint density at radius 3 is 1.81 bits per heavy atom. The normalized spacial score (nSPS) is 11.2. The van der Waals surface area contributed by atoms with Crippen molar-refractivity contribution in [2.75, 3.05) is 0 Å². The van der Waals surface area contributed by atoms with Crippen LogP contribution in [0, 0.1) is 11.6 Å². The first-order valence-corrected chi connectivity index (χ1v) is 11.4. The topological polar surface area (TPSA) is 56.5 Å². The molecule has 0 atom stereocenters. The lowest BCUT2D eigenvalue weighted by Crippen LogP contribution is -2.04. The van der Waals surface area contributed by atoms with Crippen LogP contribution in [0.15, 0.2) is 104 Å². The van der Waals surface area contributed by atoms with Gasteiger partial charge in [-0.05, 0) is 77.4 Å². The molecule has 0 unspecified atom stereocenters. The van der Waals surface area contributed by atoms with Gasteiger partial charge in [0.05, 0.1) is 18.4 Å². The number of nitrogens with zero attached hydrogens (tertiary/aromatic N) is 5. The molecule has 7 heteroatoms. The van der Waals surface area contributed by atoms with Crippen LogP contribution in [0.1, 0.15) is 5.56 Å². The largest absolute Gasteiger partial charge is 0.265 e. The van der Waals surface area contributed by atoms with Crippen LogP contribution in [0.4, 0.5) is 8.78 Å². The van der Waals surface area contributed by atoms with Gasteiger partial charge in [-0.25, -0.2) is 18.4 Å². The SMILES string of the molecule is Fc1ccc(-c2nc3c(cnn3Cc3ccncc3)c(-c3ccc(F)cc3)c2-c2ccncc2)cc1. The molecule has 5 nitrogen and oxygen atoms in total. The highest BCUT2D eigenvalue weighted by Gasteiger charge is 2.22. The molecule has 0 N–H and O–H groups in total. The fourth-order valence-electron chi connectivity index (χ4n) is 4.40. The number of aromatic nitrogens is 5. The van der Waals surface area contributed by atoms with E-state index < -0.39 is 0 Å². The number of rotatable bonds is 5. The third kappa shape index (κ3) is 4.01. The summed E-state index contributed by atoms with van der Waals surface area (Å²) in [5.41, 5.74) is 6.54. The molecule has 2 aromatic carbocycles. The van der Waals surface area contributed by atoms with Crippen LogP contribution < -0.4 is 0 Å². The minimum absolute atomic E-state index is 0.318. The van der Waals surface area contributed by atoms with Crippen LogP contribution in [0.2, 0.25) is 0 Å². The van der Waals surface area contributed by atoms with E-state index in [0.717, 1.165) is 38.8 Å². The number of hydrogen-bond donors (Lipinski definition) is 0. The van der Waals surface area contributed by atoms with Gasteiger partial charge in [-0.15, -0.1) is 0 Å². The molecule has 0 spiro atoms. The zero-order valence-corrected chi connectivity index (χ0v) is 19.0. The van der Waals surface area contributed by atoms with Crippen molar-refractivity contribution in [2.45, 2.75) is 6.54 Å². The summed E-state index contributed by atoms with van der Waals surface area (Å²) in [5, 5.41) is 5.49. The van der Waals surface area contributed by atoms with Gasteiger partial charge in [0.15, 0.2) is 5.65 Å². The zero-order chi connectivity index (χ0) is 24.5. The van der Waals surface area contributed by atoms with Gasteiger partial charge in [-0.3, -0.25) is 9.97 Å². The Morgan fingerprint density at radius 2 is 1.17 bits per heavy atom. The van der Waals surface area contributed by atoms with Crippen molar-refractivity contribution in [1.82, 2.24) is 24.7 Å². The zero-order valence-electron chi connectivity index (χ0n) is 19.0. The van der Waals surface area contributed by atoms with Crippen LogP contribution >= 0.6 is 0 Å². The first kappa shape index (κ1) is 21.7. The van der Waals surface area contributed by atoms with Crippen LogP contribution in [0.5, 0.6) is 0 Å². The quantitative estimate of drug-likeness (QED) is 0.284. The molecule has 0 saturated heterocycles. The van der Waals surface area contributed by atoms with Crippen molar-refractivity contribution in [2.24, 2.45) is 0 Å². The predicted octanol–water partition coefficient (Wildman–Crippen LogP) is 6.55. The average Bonchev–Trinajstić information content (AvgIpc) is 3.32. The average molecular weight is 476 g/mol. The predicted molar refractivity (Wildman–Crippen MR) is 135 cm³/mol. The van der Waals surface area contributed by atoms with Crippen molar-refractivity contribution < 1.29 is 8.78 Å². The molecular formula is C29H19F2N5. The second kappa shape index (κ2) is 9.11. The molecule has 6 rings (SSSR count). The van der Waals surface area contributed by atoms with Crippen molar-refractivity contribution in [1.29, 1.82) is 0 Å². The minimum Gasteiger partial charge on any atom is -0.265 e. The third-order valence-electron chi connectivity index (χ3n) is 6.09. The monoisotopic (exact) mass is 475 g/mol. The number of pyridine rings is 3. The Kier molecular flexibility index (Phi) is 5.50.